The first-order valence-electron chi connectivity index (χ1n) is 10.2. The second-order valence-corrected chi connectivity index (χ2v) is 7.39. The normalized spacial score (nSPS) is 11.1. The Morgan fingerprint density at radius 1 is 1.25 bits per heavy atom. The number of carbonyl (C=O) groups is 1. The Bertz CT molecular complexity index is 1330. The van der Waals surface area contributed by atoms with Crippen LogP contribution in [-0.2, 0) is 19.4 Å². The SMILES string of the molecule is CCCc1c(OCc2ccc3ncc(Cc4nn[nH]n4)c(=O)n3c2)ccc(C(C)=O)c1O. The lowest BCUT2D eigenvalue weighted by molar-refractivity contribution is 0.101. The Morgan fingerprint density at radius 3 is 2.81 bits per heavy atom. The molecule has 0 unspecified atom stereocenters. The summed E-state index contributed by atoms with van der Waals surface area (Å²) in [6, 6.07) is 6.82. The van der Waals surface area contributed by atoms with E-state index in [1.165, 1.54) is 17.5 Å². The highest BCUT2D eigenvalue weighted by Crippen LogP contribution is 2.33. The third-order valence-electron chi connectivity index (χ3n) is 5.09. The summed E-state index contributed by atoms with van der Waals surface area (Å²) in [5.74, 6) is 0.665. The first-order chi connectivity index (χ1) is 15.5. The molecule has 0 radical (unpaired) electrons. The summed E-state index contributed by atoms with van der Waals surface area (Å²) >= 11 is 0. The number of phenolic OH excluding ortho intramolecular Hbond substituents is 1. The maximum atomic E-state index is 12.9. The molecule has 0 aliphatic rings. The number of tetrazole rings is 1. The molecule has 10 nitrogen and oxygen atoms in total. The van der Waals surface area contributed by atoms with Crippen molar-refractivity contribution in [1.29, 1.82) is 0 Å². The van der Waals surface area contributed by atoms with Crippen molar-refractivity contribution in [1.82, 2.24) is 30.0 Å². The number of fused-ring (bicyclic) bond motifs is 1. The monoisotopic (exact) mass is 434 g/mol. The highest BCUT2D eigenvalue weighted by atomic mass is 16.5. The fourth-order valence-corrected chi connectivity index (χ4v) is 3.48. The zero-order valence-electron chi connectivity index (χ0n) is 17.7. The van der Waals surface area contributed by atoms with Crippen LogP contribution in [0.15, 0.2) is 41.5 Å². The van der Waals surface area contributed by atoms with Crippen LogP contribution in [0, 0.1) is 0 Å². The molecule has 164 valence electrons. The number of hydrogen-bond donors (Lipinski definition) is 2. The lowest BCUT2D eigenvalue weighted by Crippen LogP contribution is -2.20. The van der Waals surface area contributed by atoms with Crippen molar-refractivity contribution in [3.05, 3.63) is 75.1 Å². The van der Waals surface area contributed by atoms with Crippen molar-refractivity contribution >= 4 is 11.4 Å². The summed E-state index contributed by atoms with van der Waals surface area (Å²) < 4.78 is 7.41. The third-order valence-corrected chi connectivity index (χ3v) is 5.09. The Labute approximate surface area is 182 Å². The summed E-state index contributed by atoms with van der Waals surface area (Å²) in [6.45, 7) is 3.57. The van der Waals surface area contributed by atoms with Gasteiger partial charge in [-0.3, -0.25) is 14.0 Å². The molecule has 0 fully saturated rings. The van der Waals surface area contributed by atoms with E-state index in [0.29, 0.717) is 34.8 Å². The van der Waals surface area contributed by atoms with Gasteiger partial charge in [-0.25, -0.2) is 4.98 Å². The molecule has 3 aromatic heterocycles. The first-order valence-corrected chi connectivity index (χ1v) is 10.2. The highest BCUT2D eigenvalue weighted by Gasteiger charge is 2.16. The topological polar surface area (TPSA) is 135 Å². The van der Waals surface area contributed by atoms with Crippen molar-refractivity contribution in [3.63, 3.8) is 0 Å². The van der Waals surface area contributed by atoms with E-state index < -0.39 is 0 Å². The lowest BCUT2D eigenvalue weighted by atomic mass is 10.0. The van der Waals surface area contributed by atoms with Crippen LogP contribution in [0.5, 0.6) is 11.5 Å². The van der Waals surface area contributed by atoms with E-state index in [2.05, 4.69) is 25.6 Å². The zero-order chi connectivity index (χ0) is 22.7. The van der Waals surface area contributed by atoms with Crippen molar-refractivity contribution in [2.45, 2.75) is 39.7 Å². The van der Waals surface area contributed by atoms with Gasteiger partial charge in [0, 0.05) is 35.5 Å². The molecule has 0 saturated heterocycles. The minimum atomic E-state index is -0.225. The number of hydrogen-bond acceptors (Lipinski definition) is 8. The van der Waals surface area contributed by atoms with E-state index >= 15 is 0 Å². The van der Waals surface area contributed by atoms with Gasteiger partial charge in [0.2, 0.25) is 0 Å². The number of ether oxygens (including phenoxy) is 1. The number of phenols is 1. The maximum absolute atomic E-state index is 12.9. The molecule has 2 N–H and O–H groups in total. The Morgan fingerprint density at radius 2 is 2.09 bits per heavy atom. The summed E-state index contributed by atoms with van der Waals surface area (Å²) in [5.41, 5.74) is 2.34. The predicted octanol–water partition coefficient (Wildman–Crippen LogP) is 2.24. The van der Waals surface area contributed by atoms with Crippen LogP contribution >= 0.6 is 0 Å². The largest absolute Gasteiger partial charge is 0.507 e. The standard InChI is InChI=1S/C22H22N6O4/c1-3-4-17-18(7-6-16(13(2)29)21(17)30)32-12-14-5-8-20-23-10-15(22(31)28(20)11-14)9-19-24-26-27-25-19/h5-8,10-11,30H,3-4,9,12H2,1-2H3,(H,24,25,26,27). The smallest absolute Gasteiger partial charge is 0.261 e. The number of rotatable bonds is 8. The average molecular weight is 434 g/mol. The molecule has 0 aliphatic heterocycles. The number of benzene rings is 1. The molecule has 4 rings (SSSR count). The van der Waals surface area contributed by atoms with Gasteiger partial charge in [0.25, 0.3) is 5.56 Å². The number of aromatic amines is 1. The van der Waals surface area contributed by atoms with Crippen molar-refractivity contribution in [3.8, 4) is 11.5 Å². The predicted molar refractivity (Wildman–Crippen MR) is 115 cm³/mol. The molecule has 3 heterocycles. The number of carbonyl (C=O) groups excluding carboxylic acids is 1. The number of nitrogens with zero attached hydrogens (tertiary/aromatic N) is 5. The molecular formula is C22H22N6O4. The van der Waals surface area contributed by atoms with Crippen molar-refractivity contribution < 1.29 is 14.6 Å². The van der Waals surface area contributed by atoms with E-state index in [4.69, 9.17) is 4.74 Å². The molecular weight excluding hydrogens is 412 g/mol. The van der Waals surface area contributed by atoms with Crippen molar-refractivity contribution in [2.24, 2.45) is 0 Å². The van der Waals surface area contributed by atoms with Gasteiger partial charge in [-0.05, 0) is 31.5 Å². The molecule has 32 heavy (non-hydrogen) atoms. The molecule has 4 aromatic rings. The van der Waals surface area contributed by atoms with Gasteiger partial charge in [-0.15, -0.1) is 10.2 Å². The van der Waals surface area contributed by atoms with Crippen LogP contribution in [0.3, 0.4) is 0 Å². The number of nitrogens with one attached hydrogen (secondary N) is 1. The second-order valence-electron chi connectivity index (χ2n) is 7.39. The van der Waals surface area contributed by atoms with Gasteiger partial charge in [0.05, 0.1) is 5.56 Å². The summed E-state index contributed by atoms with van der Waals surface area (Å²) in [7, 11) is 0. The van der Waals surface area contributed by atoms with Crippen LogP contribution in [0.1, 0.15) is 53.1 Å². The fraction of sp³-hybridized carbons (Fsp3) is 0.273. The number of H-pyrrole nitrogens is 1. The van der Waals surface area contributed by atoms with E-state index in [9.17, 15) is 14.7 Å². The van der Waals surface area contributed by atoms with E-state index in [0.717, 1.165) is 12.0 Å². The van der Waals surface area contributed by atoms with Crippen LogP contribution in [0.2, 0.25) is 0 Å². The molecule has 0 saturated carbocycles. The molecule has 0 spiro atoms. The maximum Gasteiger partial charge on any atom is 0.261 e. The Hall–Kier alpha value is -4.08. The summed E-state index contributed by atoms with van der Waals surface area (Å²) in [4.78, 5) is 29.0. The van der Waals surface area contributed by atoms with E-state index in [1.54, 1.807) is 24.4 Å². The number of ketones is 1. The van der Waals surface area contributed by atoms with Crippen LogP contribution in [0.4, 0.5) is 0 Å². The second kappa shape index (κ2) is 8.96. The van der Waals surface area contributed by atoms with Crippen LogP contribution in [-0.4, -0.2) is 40.9 Å². The summed E-state index contributed by atoms with van der Waals surface area (Å²) in [5, 5.41) is 24.1. The molecule has 0 atom stereocenters. The Balaban J connectivity index is 1.61. The number of aromatic nitrogens is 6. The molecule has 0 aliphatic carbocycles. The molecule has 10 heteroatoms. The molecule has 0 amide bonds. The van der Waals surface area contributed by atoms with Gasteiger partial charge in [-0.1, -0.05) is 24.6 Å². The Kier molecular flexibility index (Phi) is 5.93. The highest BCUT2D eigenvalue weighted by molar-refractivity contribution is 5.97. The van der Waals surface area contributed by atoms with Crippen LogP contribution < -0.4 is 10.3 Å². The van der Waals surface area contributed by atoms with Crippen molar-refractivity contribution in [2.75, 3.05) is 0 Å². The molecule has 1 aromatic carbocycles. The quantitative estimate of drug-likeness (QED) is 0.403. The lowest BCUT2D eigenvalue weighted by Gasteiger charge is -2.15. The van der Waals surface area contributed by atoms with Gasteiger partial charge in [0.15, 0.2) is 11.6 Å². The van der Waals surface area contributed by atoms with Gasteiger partial charge in [-0.2, -0.15) is 5.21 Å². The van der Waals surface area contributed by atoms with Gasteiger partial charge in [0.1, 0.15) is 23.8 Å². The third kappa shape index (κ3) is 4.20. The molecule has 0 bridgehead atoms. The van der Waals surface area contributed by atoms with E-state index in [-0.39, 0.29) is 35.7 Å². The fourth-order valence-electron chi connectivity index (χ4n) is 3.48. The zero-order valence-corrected chi connectivity index (χ0v) is 17.7. The average Bonchev–Trinajstić information content (AvgIpc) is 3.29. The summed E-state index contributed by atoms with van der Waals surface area (Å²) in [6.07, 6.45) is 4.76. The van der Waals surface area contributed by atoms with Crippen LogP contribution in [0.25, 0.3) is 5.65 Å². The first kappa shape index (κ1) is 21.2. The van der Waals surface area contributed by atoms with Gasteiger partial charge < -0.3 is 9.84 Å². The number of pyridine rings is 1. The number of aromatic hydroxyl groups is 1. The minimum Gasteiger partial charge on any atom is -0.507 e. The van der Waals surface area contributed by atoms with E-state index in [1.807, 2.05) is 13.0 Å². The van der Waals surface area contributed by atoms with Gasteiger partial charge >= 0.3 is 0 Å². The minimum absolute atomic E-state index is 0.0399. The number of Topliss-reactive ketones (excluding diaryl/α,β-unsaturated/α-hetero) is 1.